The summed E-state index contributed by atoms with van der Waals surface area (Å²) in [5.41, 5.74) is 5.00. The molecule has 0 saturated carbocycles. The van der Waals surface area contributed by atoms with Gasteiger partial charge in [-0.15, -0.1) is 0 Å². The van der Waals surface area contributed by atoms with Gasteiger partial charge < -0.3 is 16.4 Å². The monoisotopic (exact) mass is 409 g/mol. The second kappa shape index (κ2) is 8.45. The number of carbonyl (C=O) groups is 2. The van der Waals surface area contributed by atoms with Gasteiger partial charge in [0.25, 0.3) is 11.5 Å². The number of nitrogens with two attached hydrogens (primary N) is 1. The SMILES string of the molecule is CC(C)(C)NC(=O)CSc1nc(N)c(NC(=O)c2ccc(Cl)cc2)c(=O)[nH]1. The summed E-state index contributed by atoms with van der Waals surface area (Å²) in [4.78, 5) is 42.8. The maximum absolute atomic E-state index is 12.2. The largest absolute Gasteiger partial charge is 0.382 e. The van der Waals surface area contributed by atoms with Gasteiger partial charge in [0.15, 0.2) is 11.0 Å². The van der Waals surface area contributed by atoms with E-state index in [2.05, 4.69) is 20.6 Å². The van der Waals surface area contributed by atoms with Crippen molar-refractivity contribution in [2.45, 2.75) is 31.5 Å². The fraction of sp³-hybridized carbons (Fsp3) is 0.294. The Labute approximate surface area is 165 Å². The number of nitrogens with one attached hydrogen (secondary N) is 3. The van der Waals surface area contributed by atoms with Crippen LogP contribution in [0.2, 0.25) is 5.02 Å². The average Bonchev–Trinajstić information content (AvgIpc) is 2.55. The van der Waals surface area contributed by atoms with Crippen LogP contribution in [0.1, 0.15) is 31.1 Å². The maximum atomic E-state index is 12.2. The van der Waals surface area contributed by atoms with Gasteiger partial charge >= 0.3 is 0 Å². The summed E-state index contributed by atoms with van der Waals surface area (Å²) in [6.45, 7) is 5.60. The van der Waals surface area contributed by atoms with Crippen molar-refractivity contribution in [1.29, 1.82) is 0 Å². The Morgan fingerprint density at radius 3 is 2.44 bits per heavy atom. The highest BCUT2D eigenvalue weighted by Gasteiger charge is 2.16. The van der Waals surface area contributed by atoms with Gasteiger partial charge in [-0.2, -0.15) is 0 Å². The molecule has 2 aromatic rings. The van der Waals surface area contributed by atoms with Crippen LogP contribution in [-0.4, -0.2) is 33.1 Å². The summed E-state index contributed by atoms with van der Waals surface area (Å²) in [7, 11) is 0. The Kier molecular flexibility index (Phi) is 6.50. The van der Waals surface area contributed by atoms with E-state index in [4.69, 9.17) is 17.3 Å². The number of anilines is 2. The number of H-pyrrole nitrogens is 1. The van der Waals surface area contributed by atoms with Crippen LogP contribution in [0.15, 0.2) is 34.2 Å². The molecule has 2 rings (SSSR count). The molecule has 1 heterocycles. The van der Waals surface area contributed by atoms with Gasteiger partial charge in [-0.25, -0.2) is 4.98 Å². The minimum atomic E-state index is -0.608. The standard InChI is InChI=1S/C17H20ClN5O3S/c1-17(2,3)23-11(24)8-27-16-21-13(19)12(15(26)22-16)20-14(25)9-4-6-10(18)7-5-9/h4-7H,8H2,1-3H3,(H,20,25)(H,23,24)(H3,19,21,22,26). The molecular weight excluding hydrogens is 390 g/mol. The molecule has 0 radical (unpaired) electrons. The molecule has 0 bridgehead atoms. The highest BCUT2D eigenvalue weighted by molar-refractivity contribution is 7.99. The third-order valence-corrected chi connectivity index (χ3v) is 4.25. The summed E-state index contributed by atoms with van der Waals surface area (Å²) in [5.74, 6) is -0.792. The first-order valence-electron chi connectivity index (χ1n) is 7.95. The molecule has 10 heteroatoms. The molecule has 0 fully saturated rings. The third-order valence-electron chi connectivity index (χ3n) is 3.13. The van der Waals surface area contributed by atoms with Crippen LogP contribution < -0.4 is 21.9 Å². The molecule has 0 unspecified atom stereocenters. The summed E-state index contributed by atoms with van der Waals surface area (Å²) in [6.07, 6.45) is 0. The zero-order valence-electron chi connectivity index (χ0n) is 15.1. The molecule has 1 aromatic heterocycles. The molecule has 0 aliphatic carbocycles. The molecule has 0 saturated heterocycles. The summed E-state index contributed by atoms with van der Waals surface area (Å²) >= 11 is 6.82. The van der Waals surface area contributed by atoms with Crippen molar-refractivity contribution in [3.63, 3.8) is 0 Å². The third kappa shape index (κ3) is 6.30. The lowest BCUT2D eigenvalue weighted by atomic mass is 10.1. The van der Waals surface area contributed by atoms with Crippen LogP contribution in [-0.2, 0) is 4.79 Å². The van der Waals surface area contributed by atoms with Crippen LogP contribution in [0.5, 0.6) is 0 Å². The first-order valence-corrected chi connectivity index (χ1v) is 9.32. The number of aromatic amines is 1. The van der Waals surface area contributed by atoms with E-state index in [-0.39, 0.29) is 33.9 Å². The van der Waals surface area contributed by atoms with Gasteiger partial charge in [-0.3, -0.25) is 19.4 Å². The lowest BCUT2D eigenvalue weighted by molar-refractivity contribution is -0.119. The number of aromatic nitrogens is 2. The molecular formula is C17H20ClN5O3S. The number of hydrogen-bond acceptors (Lipinski definition) is 6. The van der Waals surface area contributed by atoms with E-state index >= 15 is 0 Å². The molecule has 8 nitrogen and oxygen atoms in total. The maximum Gasteiger partial charge on any atom is 0.277 e. The smallest absolute Gasteiger partial charge is 0.277 e. The Hall–Kier alpha value is -2.52. The Morgan fingerprint density at radius 1 is 1.26 bits per heavy atom. The molecule has 0 aliphatic heterocycles. The average molecular weight is 410 g/mol. The highest BCUT2D eigenvalue weighted by atomic mass is 35.5. The topological polar surface area (TPSA) is 130 Å². The second-order valence-corrected chi connectivity index (χ2v) is 8.08. The zero-order chi connectivity index (χ0) is 20.2. The fourth-order valence-electron chi connectivity index (χ4n) is 2.03. The minimum Gasteiger partial charge on any atom is -0.382 e. The number of nitrogen functional groups attached to an aromatic ring is 1. The van der Waals surface area contributed by atoms with Gasteiger partial charge in [0, 0.05) is 16.1 Å². The number of thioether (sulfide) groups is 1. The second-order valence-electron chi connectivity index (χ2n) is 6.68. The summed E-state index contributed by atoms with van der Waals surface area (Å²) < 4.78 is 0. The molecule has 5 N–H and O–H groups in total. The summed E-state index contributed by atoms with van der Waals surface area (Å²) in [6, 6.07) is 6.16. The molecule has 0 aliphatic rings. The quantitative estimate of drug-likeness (QED) is 0.442. The Balaban J connectivity index is 2.08. The fourth-order valence-corrected chi connectivity index (χ4v) is 2.83. The number of carbonyl (C=O) groups excluding carboxylic acids is 2. The van der Waals surface area contributed by atoms with Crippen LogP contribution in [0.25, 0.3) is 0 Å². The van der Waals surface area contributed by atoms with E-state index in [9.17, 15) is 14.4 Å². The highest BCUT2D eigenvalue weighted by Crippen LogP contribution is 2.18. The van der Waals surface area contributed by atoms with Crippen molar-refractivity contribution in [1.82, 2.24) is 15.3 Å². The molecule has 0 atom stereocenters. The molecule has 2 amide bonds. The number of hydrogen-bond donors (Lipinski definition) is 4. The summed E-state index contributed by atoms with van der Waals surface area (Å²) in [5, 5.41) is 5.91. The Morgan fingerprint density at radius 2 is 1.89 bits per heavy atom. The van der Waals surface area contributed by atoms with E-state index < -0.39 is 11.5 Å². The van der Waals surface area contributed by atoms with Crippen molar-refractivity contribution >= 4 is 46.7 Å². The molecule has 144 valence electrons. The van der Waals surface area contributed by atoms with Gasteiger partial charge in [0.1, 0.15) is 5.69 Å². The Bertz CT molecular complexity index is 906. The first-order chi connectivity index (χ1) is 12.5. The number of amides is 2. The van der Waals surface area contributed by atoms with Gasteiger partial charge in [-0.1, -0.05) is 23.4 Å². The van der Waals surface area contributed by atoms with Crippen molar-refractivity contribution in [3.05, 3.63) is 45.2 Å². The van der Waals surface area contributed by atoms with E-state index in [0.29, 0.717) is 10.6 Å². The normalized spacial score (nSPS) is 11.1. The first kappa shape index (κ1) is 20.8. The van der Waals surface area contributed by atoms with Gasteiger partial charge in [0.05, 0.1) is 5.75 Å². The van der Waals surface area contributed by atoms with Crippen LogP contribution >= 0.6 is 23.4 Å². The van der Waals surface area contributed by atoms with Crippen molar-refractivity contribution in [2.75, 3.05) is 16.8 Å². The van der Waals surface area contributed by atoms with Crippen molar-refractivity contribution in [2.24, 2.45) is 0 Å². The lowest BCUT2D eigenvalue weighted by Gasteiger charge is -2.20. The predicted octanol–water partition coefficient (Wildman–Crippen LogP) is 2.26. The van der Waals surface area contributed by atoms with E-state index in [1.54, 1.807) is 12.1 Å². The zero-order valence-corrected chi connectivity index (χ0v) is 16.6. The van der Waals surface area contributed by atoms with Crippen molar-refractivity contribution < 1.29 is 9.59 Å². The molecule has 27 heavy (non-hydrogen) atoms. The minimum absolute atomic E-state index is 0.0656. The van der Waals surface area contributed by atoms with Crippen molar-refractivity contribution in [3.8, 4) is 0 Å². The van der Waals surface area contributed by atoms with Crippen LogP contribution in [0, 0.1) is 0 Å². The van der Waals surface area contributed by atoms with Gasteiger partial charge in [-0.05, 0) is 45.0 Å². The number of benzene rings is 1. The molecule has 0 spiro atoms. The van der Waals surface area contributed by atoms with E-state index in [0.717, 1.165) is 11.8 Å². The lowest BCUT2D eigenvalue weighted by Crippen LogP contribution is -2.41. The van der Waals surface area contributed by atoms with Gasteiger partial charge in [0.2, 0.25) is 5.91 Å². The van der Waals surface area contributed by atoms with Crippen LogP contribution in [0.4, 0.5) is 11.5 Å². The number of nitrogens with zero attached hydrogens (tertiary/aromatic N) is 1. The molecule has 1 aromatic carbocycles. The number of halogens is 1. The number of rotatable bonds is 5. The van der Waals surface area contributed by atoms with Crippen LogP contribution in [0.3, 0.4) is 0 Å². The predicted molar refractivity (Wildman–Crippen MR) is 107 cm³/mol. The van der Waals surface area contributed by atoms with E-state index in [1.807, 2.05) is 20.8 Å². The van der Waals surface area contributed by atoms with E-state index in [1.165, 1.54) is 12.1 Å².